The topological polar surface area (TPSA) is 120 Å². The highest BCUT2D eigenvalue weighted by atomic mass is 19.1. The molecule has 2 aliphatic rings. The zero-order valence-electron chi connectivity index (χ0n) is 20.4. The van der Waals surface area contributed by atoms with Gasteiger partial charge in [-0.3, -0.25) is 14.4 Å². The van der Waals surface area contributed by atoms with Crippen LogP contribution in [0, 0.1) is 17.7 Å². The van der Waals surface area contributed by atoms with Gasteiger partial charge in [-0.2, -0.15) is 0 Å². The molecule has 8 nitrogen and oxygen atoms in total. The van der Waals surface area contributed by atoms with Crippen LogP contribution in [0.4, 0.5) is 4.39 Å². The Hall–Kier alpha value is -3.23. The van der Waals surface area contributed by atoms with Crippen molar-refractivity contribution in [2.24, 2.45) is 11.8 Å². The summed E-state index contributed by atoms with van der Waals surface area (Å²) in [6.07, 6.45) is 7.13. The first-order chi connectivity index (χ1) is 16.9. The van der Waals surface area contributed by atoms with Crippen LogP contribution in [0.2, 0.25) is 0 Å². The maximum atomic E-state index is 13.9. The van der Waals surface area contributed by atoms with Crippen molar-refractivity contribution in [3.8, 4) is 0 Å². The van der Waals surface area contributed by atoms with Crippen LogP contribution in [-0.2, 0) is 14.4 Å². The lowest BCUT2D eigenvalue weighted by molar-refractivity contribution is -0.127. The van der Waals surface area contributed by atoms with Gasteiger partial charge in [-0.25, -0.2) is 4.39 Å². The molecule has 1 saturated carbocycles. The van der Waals surface area contributed by atoms with Crippen molar-refractivity contribution >= 4 is 34.9 Å². The van der Waals surface area contributed by atoms with Gasteiger partial charge in [-0.05, 0) is 49.8 Å². The zero-order valence-corrected chi connectivity index (χ0v) is 20.4. The van der Waals surface area contributed by atoms with Gasteiger partial charge >= 0.3 is 0 Å². The first-order valence-electron chi connectivity index (χ1n) is 12.5. The largest absolute Gasteiger partial charge is 0.356 e. The van der Waals surface area contributed by atoms with E-state index in [9.17, 15) is 23.6 Å². The van der Waals surface area contributed by atoms with Crippen LogP contribution in [-0.4, -0.2) is 47.6 Å². The van der Waals surface area contributed by atoms with Gasteiger partial charge in [0.15, 0.2) is 0 Å². The number of hydrogen-bond acceptors (Lipinski definition) is 4. The normalized spacial score (nSPS) is 18.7. The Bertz CT molecular complexity index is 1050. The Morgan fingerprint density at radius 3 is 2.46 bits per heavy atom. The van der Waals surface area contributed by atoms with Crippen molar-refractivity contribution in [1.29, 1.82) is 0 Å². The Morgan fingerprint density at radius 1 is 1.17 bits per heavy atom. The molecule has 9 heteroatoms. The number of carbonyl (C=O) groups is 4. The fourth-order valence-electron chi connectivity index (χ4n) is 4.24. The van der Waals surface area contributed by atoms with E-state index in [2.05, 4.69) is 34.8 Å². The summed E-state index contributed by atoms with van der Waals surface area (Å²) in [7, 11) is 0. The Labute approximate surface area is 204 Å². The number of H-pyrrole nitrogens is 1. The number of hydrogen-bond donors (Lipinski definition) is 4. The molecule has 4 N–H and O–H groups in total. The van der Waals surface area contributed by atoms with Crippen molar-refractivity contribution in [3.05, 3.63) is 35.8 Å². The highest BCUT2D eigenvalue weighted by Gasteiger charge is 2.39. The highest BCUT2D eigenvalue weighted by molar-refractivity contribution is 6.00. The van der Waals surface area contributed by atoms with Gasteiger partial charge in [0.25, 0.3) is 5.91 Å². The highest BCUT2D eigenvalue weighted by Crippen LogP contribution is 2.33. The van der Waals surface area contributed by atoms with E-state index in [1.54, 1.807) is 12.1 Å². The van der Waals surface area contributed by atoms with Crippen molar-refractivity contribution in [2.45, 2.75) is 70.9 Å². The summed E-state index contributed by atoms with van der Waals surface area (Å²) in [5, 5.41) is 8.37. The molecule has 0 unspecified atom stereocenters. The van der Waals surface area contributed by atoms with Gasteiger partial charge < -0.3 is 25.7 Å². The van der Waals surface area contributed by atoms with Gasteiger partial charge in [0, 0.05) is 23.4 Å². The fraction of sp³-hybridized carbons (Fsp3) is 0.538. The molecule has 4 rings (SSSR count). The number of aldehydes is 1. The van der Waals surface area contributed by atoms with Crippen LogP contribution in [0.15, 0.2) is 24.3 Å². The van der Waals surface area contributed by atoms with Crippen LogP contribution in [0.5, 0.6) is 0 Å². The smallest absolute Gasteiger partial charge is 0.268 e. The van der Waals surface area contributed by atoms with E-state index in [-0.39, 0.29) is 29.9 Å². The number of aromatic amines is 1. The average molecular weight is 487 g/mol. The molecule has 0 bridgehead atoms. The summed E-state index contributed by atoms with van der Waals surface area (Å²) in [6.45, 7) is 4.99. The summed E-state index contributed by atoms with van der Waals surface area (Å²) in [4.78, 5) is 51.5. The summed E-state index contributed by atoms with van der Waals surface area (Å²) >= 11 is 0. The van der Waals surface area contributed by atoms with E-state index in [0.717, 1.165) is 12.8 Å². The summed E-state index contributed by atoms with van der Waals surface area (Å²) < 4.78 is 13.9. The van der Waals surface area contributed by atoms with Crippen LogP contribution in [0.1, 0.15) is 69.3 Å². The Morgan fingerprint density at radius 2 is 1.91 bits per heavy atom. The van der Waals surface area contributed by atoms with Crippen LogP contribution in [0.25, 0.3) is 10.9 Å². The standard InChI is InChI=1S/C21H23FN4O4.C5H12/c22-15-2-1-3-16-14(15)9-17(25-16)20(29)26-18(11-4-5-11)21(30)24-13(10-27)8-12-6-7-23-19(12)28;1-3-5-4-2/h1-3,9-13,18,25H,4-8H2,(H,23,28)(H,24,30)(H,26,29);3-5H2,1-2H3/t12-,13-,18-;/m0./s1. The molecule has 2 heterocycles. The number of halogens is 1. The minimum Gasteiger partial charge on any atom is -0.356 e. The summed E-state index contributed by atoms with van der Waals surface area (Å²) in [5.74, 6) is -1.86. The molecular weight excluding hydrogens is 451 g/mol. The number of carbonyl (C=O) groups excluding carboxylic acids is 4. The second-order valence-corrected chi connectivity index (χ2v) is 9.29. The van der Waals surface area contributed by atoms with E-state index in [1.165, 1.54) is 31.4 Å². The average Bonchev–Trinajstić information content (AvgIpc) is 3.45. The molecule has 0 spiro atoms. The third kappa shape index (κ3) is 7.13. The van der Waals surface area contributed by atoms with Crippen LogP contribution in [0.3, 0.4) is 0 Å². The van der Waals surface area contributed by atoms with Crippen molar-refractivity contribution < 1.29 is 23.6 Å². The first kappa shape index (κ1) is 26.4. The summed E-state index contributed by atoms with van der Waals surface area (Å²) in [6, 6.07) is 4.33. The monoisotopic (exact) mass is 486 g/mol. The first-order valence-corrected chi connectivity index (χ1v) is 12.5. The molecule has 0 radical (unpaired) electrons. The molecule has 2 fully saturated rings. The van der Waals surface area contributed by atoms with Gasteiger partial charge in [0.1, 0.15) is 23.8 Å². The van der Waals surface area contributed by atoms with Crippen molar-refractivity contribution in [1.82, 2.24) is 20.9 Å². The molecule has 3 atom stereocenters. The number of aromatic nitrogens is 1. The summed E-state index contributed by atoms with van der Waals surface area (Å²) in [5.41, 5.74) is 0.645. The number of nitrogens with one attached hydrogen (secondary N) is 4. The molecule has 190 valence electrons. The third-order valence-corrected chi connectivity index (χ3v) is 6.42. The molecule has 1 saturated heterocycles. The van der Waals surface area contributed by atoms with E-state index in [4.69, 9.17) is 0 Å². The maximum Gasteiger partial charge on any atom is 0.268 e. The minimum absolute atomic E-state index is 0.0165. The molecule has 35 heavy (non-hydrogen) atoms. The number of fused-ring (bicyclic) bond motifs is 1. The van der Waals surface area contributed by atoms with Crippen molar-refractivity contribution in [3.63, 3.8) is 0 Å². The number of rotatable bonds is 10. The molecule has 1 aromatic carbocycles. The fourth-order valence-corrected chi connectivity index (χ4v) is 4.24. The predicted molar refractivity (Wildman–Crippen MR) is 131 cm³/mol. The number of benzene rings is 1. The van der Waals surface area contributed by atoms with E-state index in [0.29, 0.717) is 30.2 Å². The molecular formula is C26H35FN4O4. The number of unbranched alkanes of at least 4 members (excludes halogenated alkanes) is 2. The lowest BCUT2D eigenvalue weighted by atomic mass is 9.98. The number of amides is 3. The van der Waals surface area contributed by atoms with Gasteiger partial charge in [-0.1, -0.05) is 39.2 Å². The van der Waals surface area contributed by atoms with E-state index < -0.39 is 29.7 Å². The van der Waals surface area contributed by atoms with E-state index in [1.807, 2.05) is 0 Å². The lowest BCUT2D eigenvalue weighted by Crippen LogP contribution is -2.51. The molecule has 1 aromatic heterocycles. The maximum absolute atomic E-state index is 13.9. The Kier molecular flexibility index (Phi) is 9.39. The van der Waals surface area contributed by atoms with Crippen molar-refractivity contribution in [2.75, 3.05) is 6.54 Å². The third-order valence-electron chi connectivity index (χ3n) is 6.42. The minimum atomic E-state index is -0.799. The second-order valence-electron chi connectivity index (χ2n) is 9.29. The van der Waals surface area contributed by atoms with Gasteiger partial charge in [0.05, 0.1) is 6.04 Å². The second kappa shape index (κ2) is 12.5. The Balaban J connectivity index is 0.000000623. The molecule has 3 amide bonds. The molecule has 2 aromatic rings. The lowest BCUT2D eigenvalue weighted by Gasteiger charge is -2.21. The predicted octanol–water partition coefficient (Wildman–Crippen LogP) is 3.22. The SMILES string of the molecule is CCCCC.O=C[C@H](C[C@@H]1CCNC1=O)NC(=O)[C@@H](NC(=O)c1cc2c(F)cccc2[nH]1)C1CC1. The van der Waals surface area contributed by atoms with Gasteiger partial charge in [0.2, 0.25) is 11.8 Å². The molecule has 1 aliphatic heterocycles. The van der Waals surface area contributed by atoms with Crippen LogP contribution >= 0.6 is 0 Å². The quantitative estimate of drug-likeness (QED) is 0.386. The molecule has 1 aliphatic carbocycles. The van der Waals surface area contributed by atoms with Crippen LogP contribution < -0.4 is 16.0 Å². The van der Waals surface area contributed by atoms with E-state index >= 15 is 0 Å². The van der Waals surface area contributed by atoms with Gasteiger partial charge in [-0.15, -0.1) is 0 Å². The zero-order chi connectivity index (χ0) is 25.4.